The molecule has 2 N–H and O–H groups in total. The maximum absolute atomic E-state index is 15.5. The van der Waals surface area contributed by atoms with E-state index >= 15 is 4.39 Å². The van der Waals surface area contributed by atoms with Crippen LogP contribution in [0.2, 0.25) is 0 Å². The summed E-state index contributed by atoms with van der Waals surface area (Å²) in [6, 6.07) is 19.6. The number of halogens is 3. The fourth-order valence-electron chi connectivity index (χ4n) is 4.59. The molecule has 0 aliphatic rings. The molecule has 11 heteroatoms. The topological polar surface area (TPSA) is 121 Å². The highest BCUT2D eigenvalue weighted by molar-refractivity contribution is 5.92. The number of fused-ring (bicyclic) bond motifs is 1. The maximum Gasteiger partial charge on any atom is 0.335 e. The molecule has 8 nitrogen and oxygen atoms in total. The van der Waals surface area contributed by atoms with E-state index in [9.17, 15) is 23.8 Å². The van der Waals surface area contributed by atoms with Crippen molar-refractivity contribution in [3.05, 3.63) is 113 Å². The zero-order chi connectivity index (χ0) is 31.6. The van der Waals surface area contributed by atoms with E-state index in [0.29, 0.717) is 28.1 Å². The van der Waals surface area contributed by atoms with E-state index in [1.54, 1.807) is 30.3 Å². The molecule has 3 aromatic carbocycles. The van der Waals surface area contributed by atoms with Gasteiger partial charge in [0.2, 0.25) is 5.88 Å². The van der Waals surface area contributed by atoms with Crippen LogP contribution in [0.3, 0.4) is 0 Å². The Kier molecular flexibility index (Phi) is 8.38. The molecule has 0 saturated carbocycles. The average molecular weight is 601 g/mol. The number of nitriles is 1. The number of rotatable bonds is 10. The van der Waals surface area contributed by atoms with Crippen LogP contribution in [0.5, 0.6) is 5.88 Å². The number of aromatic carboxylic acids is 1. The normalized spacial score (nSPS) is 12.2. The third-order valence-corrected chi connectivity index (χ3v) is 7.16. The zero-order valence-corrected chi connectivity index (χ0v) is 23.8. The van der Waals surface area contributed by atoms with Crippen LogP contribution in [0.4, 0.5) is 13.2 Å². The number of benzene rings is 3. The highest BCUT2D eigenvalue weighted by atomic mass is 19.1. The maximum atomic E-state index is 15.5. The van der Waals surface area contributed by atoms with Gasteiger partial charge in [0.25, 0.3) is 0 Å². The molecule has 2 aromatic heterocycles. The van der Waals surface area contributed by atoms with Gasteiger partial charge in [0, 0.05) is 23.6 Å². The van der Waals surface area contributed by atoms with Crippen molar-refractivity contribution in [2.75, 3.05) is 0 Å². The second-order valence-corrected chi connectivity index (χ2v) is 10.8. The average Bonchev–Trinajstić information content (AvgIpc) is 3.32. The molecule has 44 heavy (non-hydrogen) atoms. The molecule has 0 bridgehead atoms. The lowest BCUT2D eigenvalue weighted by atomic mass is 10.0. The third kappa shape index (κ3) is 6.55. The molecule has 0 saturated heterocycles. The number of pyridine rings is 1. The van der Waals surface area contributed by atoms with E-state index in [2.05, 4.69) is 9.97 Å². The molecule has 0 fully saturated rings. The van der Waals surface area contributed by atoms with Gasteiger partial charge in [-0.25, -0.2) is 27.9 Å². The van der Waals surface area contributed by atoms with Crippen molar-refractivity contribution in [2.45, 2.75) is 45.2 Å². The van der Waals surface area contributed by atoms with Crippen molar-refractivity contribution in [1.29, 1.82) is 5.26 Å². The Balaban J connectivity index is 1.40. The molecule has 224 valence electrons. The van der Waals surface area contributed by atoms with Crippen molar-refractivity contribution in [3.8, 4) is 23.2 Å². The highest BCUT2D eigenvalue weighted by Crippen LogP contribution is 2.27. The molecule has 0 unspecified atom stereocenters. The Morgan fingerprint density at radius 2 is 1.77 bits per heavy atom. The van der Waals surface area contributed by atoms with Crippen molar-refractivity contribution >= 4 is 17.0 Å². The van der Waals surface area contributed by atoms with Crippen LogP contribution < -0.4 is 4.74 Å². The summed E-state index contributed by atoms with van der Waals surface area (Å²) in [4.78, 5) is 20.5. The van der Waals surface area contributed by atoms with Gasteiger partial charge in [-0.2, -0.15) is 5.26 Å². The summed E-state index contributed by atoms with van der Waals surface area (Å²) < 4.78 is 51.8. The number of carbonyl (C=O) groups is 1. The first kappa shape index (κ1) is 30.3. The van der Waals surface area contributed by atoms with Crippen molar-refractivity contribution in [1.82, 2.24) is 14.5 Å². The van der Waals surface area contributed by atoms with Crippen molar-refractivity contribution in [3.63, 3.8) is 0 Å². The Hall–Kier alpha value is -5.21. The minimum atomic E-state index is -1.71. The lowest BCUT2D eigenvalue weighted by Gasteiger charge is -2.23. The number of aromatic nitrogens is 3. The SMILES string of the molecule is CC(C)(O)[C@H](F)Cn1c(Cc2ccc(-c3cccc(OCc4ccc(C#N)cc4F)n3)cc2F)nc2ccc(C(=O)O)cc21. The molecule has 0 aliphatic heterocycles. The van der Waals surface area contributed by atoms with E-state index in [-0.39, 0.29) is 47.7 Å². The Bertz CT molecular complexity index is 1910. The molecular weight excluding hydrogens is 573 g/mol. The summed E-state index contributed by atoms with van der Waals surface area (Å²) in [6.07, 6.45) is -1.75. The fourth-order valence-corrected chi connectivity index (χ4v) is 4.59. The van der Waals surface area contributed by atoms with Gasteiger partial charge >= 0.3 is 5.97 Å². The lowest BCUT2D eigenvalue weighted by molar-refractivity contribution is -0.0102. The monoisotopic (exact) mass is 600 g/mol. The van der Waals surface area contributed by atoms with Crippen molar-refractivity contribution in [2.24, 2.45) is 0 Å². The summed E-state index contributed by atoms with van der Waals surface area (Å²) >= 11 is 0. The molecule has 0 aliphatic carbocycles. The summed E-state index contributed by atoms with van der Waals surface area (Å²) in [6.45, 7) is 2.22. The highest BCUT2D eigenvalue weighted by Gasteiger charge is 2.29. The van der Waals surface area contributed by atoms with Crippen LogP contribution in [0, 0.1) is 23.0 Å². The number of aliphatic hydroxyl groups is 1. The molecule has 2 heterocycles. The molecule has 1 atom stereocenters. The summed E-state index contributed by atoms with van der Waals surface area (Å²) in [7, 11) is 0. The second-order valence-electron chi connectivity index (χ2n) is 10.8. The van der Waals surface area contributed by atoms with E-state index in [4.69, 9.17) is 10.00 Å². The van der Waals surface area contributed by atoms with Gasteiger partial charge in [-0.05, 0) is 61.9 Å². The van der Waals surface area contributed by atoms with Crippen LogP contribution in [-0.4, -0.2) is 42.5 Å². The molecule has 0 amide bonds. The minimum absolute atomic E-state index is 0.0138. The number of hydrogen-bond acceptors (Lipinski definition) is 6. The van der Waals surface area contributed by atoms with Gasteiger partial charge in [-0.15, -0.1) is 0 Å². The van der Waals surface area contributed by atoms with Crippen LogP contribution in [0.15, 0.2) is 72.8 Å². The number of imidazole rings is 1. The Morgan fingerprint density at radius 3 is 2.45 bits per heavy atom. The predicted octanol–water partition coefficient (Wildman–Crippen LogP) is 6.23. The predicted molar refractivity (Wildman–Crippen MR) is 156 cm³/mol. The summed E-state index contributed by atoms with van der Waals surface area (Å²) in [5.41, 5.74) is 0.635. The van der Waals surface area contributed by atoms with Gasteiger partial charge < -0.3 is 19.5 Å². The van der Waals surface area contributed by atoms with Crippen LogP contribution in [0.25, 0.3) is 22.3 Å². The third-order valence-electron chi connectivity index (χ3n) is 7.16. The first-order valence-electron chi connectivity index (χ1n) is 13.6. The Morgan fingerprint density at radius 1 is 1.02 bits per heavy atom. The van der Waals surface area contributed by atoms with Gasteiger partial charge in [-0.1, -0.05) is 24.3 Å². The van der Waals surface area contributed by atoms with Crippen LogP contribution >= 0.6 is 0 Å². The van der Waals surface area contributed by atoms with Crippen molar-refractivity contribution < 1.29 is 32.9 Å². The van der Waals surface area contributed by atoms with Crippen LogP contribution in [0.1, 0.15) is 46.7 Å². The number of nitrogens with zero attached hydrogens (tertiary/aromatic N) is 4. The smallest absolute Gasteiger partial charge is 0.335 e. The largest absolute Gasteiger partial charge is 0.478 e. The van der Waals surface area contributed by atoms with E-state index in [0.717, 1.165) is 6.07 Å². The number of hydrogen-bond donors (Lipinski definition) is 2. The summed E-state index contributed by atoms with van der Waals surface area (Å²) in [5, 5.41) is 28.5. The summed E-state index contributed by atoms with van der Waals surface area (Å²) in [5.74, 6) is -1.82. The number of carboxylic acid groups (broad SMARTS) is 1. The zero-order valence-electron chi connectivity index (χ0n) is 23.8. The van der Waals surface area contributed by atoms with Gasteiger partial charge in [0.15, 0.2) is 0 Å². The molecular formula is C33H27F3N4O4. The number of carboxylic acids is 1. The van der Waals surface area contributed by atoms with E-state index in [1.807, 2.05) is 6.07 Å². The van der Waals surface area contributed by atoms with E-state index in [1.165, 1.54) is 54.8 Å². The van der Waals surface area contributed by atoms with Gasteiger partial charge in [0.1, 0.15) is 30.2 Å². The molecule has 5 rings (SSSR count). The number of ether oxygens (including phenoxy) is 1. The van der Waals surface area contributed by atoms with Gasteiger partial charge in [-0.3, -0.25) is 0 Å². The van der Waals surface area contributed by atoms with Crippen LogP contribution in [-0.2, 0) is 19.6 Å². The minimum Gasteiger partial charge on any atom is -0.478 e. The van der Waals surface area contributed by atoms with E-state index < -0.39 is 29.4 Å². The fraction of sp³-hybridized carbons (Fsp3) is 0.212. The second kappa shape index (κ2) is 12.2. The number of alkyl halides is 1. The first-order valence-corrected chi connectivity index (χ1v) is 13.6. The lowest BCUT2D eigenvalue weighted by Crippen LogP contribution is -2.36. The molecule has 0 radical (unpaired) electrons. The quantitative estimate of drug-likeness (QED) is 0.195. The van der Waals surface area contributed by atoms with Gasteiger partial charge in [0.05, 0.1) is 46.1 Å². The molecule has 0 spiro atoms. The Labute approximate surface area is 250 Å². The molecule has 5 aromatic rings. The standard InChI is InChI=1S/C33H27F3N4O4/c1-33(2,43)29(36)17-40-28-14-22(32(41)42)10-11-27(28)38-30(40)15-20-8-9-21(13-25(20)35)26-4-3-5-31(39-26)44-18-23-7-6-19(16-37)12-24(23)34/h3-14,29,43H,15,17-18H2,1-2H3,(H,41,42)/t29-/m1/s1. The first-order chi connectivity index (χ1) is 20.9.